The zero-order chi connectivity index (χ0) is 23.1. The van der Waals surface area contributed by atoms with Crippen molar-refractivity contribution >= 4 is 17.6 Å². The van der Waals surface area contributed by atoms with E-state index in [0.29, 0.717) is 24.2 Å². The molecule has 0 radical (unpaired) electrons. The average molecular weight is 437 g/mol. The minimum atomic E-state index is -0.815. The van der Waals surface area contributed by atoms with Crippen LogP contribution in [0.15, 0.2) is 47.3 Å². The summed E-state index contributed by atoms with van der Waals surface area (Å²) in [7, 11) is 0. The van der Waals surface area contributed by atoms with Gasteiger partial charge in [-0.15, -0.1) is 0 Å². The van der Waals surface area contributed by atoms with Crippen LogP contribution in [0.4, 0.5) is 5.82 Å². The smallest absolute Gasteiger partial charge is 0.314 e. The van der Waals surface area contributed by atoms with Gasteiger partial charge in [0.05, 0.1) is 5.69 Å². The molecule has 0 aliphatic carbocycles. The number of anilines is 1. The van der Waals surface area contributed by atoms with Crippen molar-refractivity contribution in [2.75, 3.05) is 5.32 Å². The molecule has 2 amide bonds. The molecule has 1 unspecified atom stereocenters. The molecular formula is C23H28N6O3. The number of aryl methyl sites for hydroxylation is 3. The second-order valence-electron chi connectivity index (χ2n) is 7.75. The van der Waals surface area contributed by atoms with Gasteiger partial charge >= 0.3 is 11.8 Å². The highest BCUT2D eigenvalue weighted by atomic mass is 16.2. The van der Waals surface area contributed by atoms with Gasteiger partial charge in [0.1, 0.15) is 5.82 Å². The molecule has 168 valence electrons. The van der Waals surface area contributed by atoms with E-state index in [4.69, 9.17) is 0 Å². The van der Waals surface area contributed by atoms with Gasteiger partial charge in [-0.05, 0) is 38.7 Å². The van der Waals surface area contributed by atoms with Crippen LogP contribution in [-0.2, 0) is 22.4 Å². The molecule has 0 aliphatic heterocycles. The average Bonchev–Trinajstić information content (AvgIpc) is 3.13. The number of nitrogens with zero attached hydrogens (tertiary/aromatic N) is 3. The Labute approximate surface area is 186 Å². The van der Waals surface area contributed by atoms with Gasteiger partial charge in [0.25, 0.3) is 5.56 Å². The van der Waals surface area contributed by atoms with Gasteiger partial charge in [0, 0.05) is 23.9 Å². The van der Waals surface area contributed by atoms with Gasteiger partial charge in [-0.1, -0.05) is 43.7 Å². The first kappa shape index (κ1) is 22.9. The van der Waals surface area contributed by atoms with Crippen LogP contribution in [-0.4, -0.2) is 37.6 Å². The van der Waals surface area contributed by atoms with Gasteiger partial charge in [-0.3, -0.25) is 19.4 Å². The van der Waals surface area contributed by atoms with E-state index < -0.39 is 11.8 Å². The van der Waals surface area contributed by atoms with Crippen molar-refractivity contribution in [2.45, 2.75) is 52.5 Å². The normalized spacial score (nSPS) is 11.7. The lowest BCUT2D eigenvalue weighted by atomic mass is 10.1. The summed E-state index contributed by atoms with van der Waals surface area (Å²) in [5, 5.41) is 9.58. The third-order valence-corrected chi connectivity index (χ3v) is 4.85. The lowest BCUT2D eigenvalue weighted by molar-refractivity contribution is -0.136. The number of hydrogen-bond acceptors (Lipinski definition) is 5. The molecule has 9 heteroatoms. The molecule has 0 bridgehead atoms. The van der Waals surface area contributed by atoms with Gasteiger partial charge in [-0.2, -0.15) is 9.78 Å². The van der Waals surface area contributed by atoms with Crippen LogP contribution in [0.2, 0.25) is 0 Å². The summed E-state index contributed by atoms with van der Waals surface area (Å²) in [6.07, 6.45) is 2.97. The van der Waals surface area contributed by atoms with Crippen LogP contribution in [0, 0.1) is 6.92 Å². The monoisotopic (exact) mass is 436 g/mol. The summed E-state index contributed by atoms with van der Waals surface area (Å²) in [6.45, 7) is 5.59. The summed E-state index contributed by atoms with van der Waals surface area (Å²) in [4.78, 5) is 43.9. The molecule has 0 saturated carbocycles. The first-order valence-electron chi connectivity index (χ1n) is 10.7. The zero-order valence-corrected chi connectivity index (χ0v) is 18.5. The Bertz CT molecular complexity index is 1140. The maximum atomic E-state index is 12.5. The van der Waals surface area contributed by atoms with Crippen LogP contribution in [0.1, 0.15) is 43.6 Å². The number of rotatable bonds is 8. The van der Waals surface area contributed by atoms with Crippen molar-refractivity contribution in [3.8, 4) is 5.95 Å². The second-order valence-corrected chi connectivity index (χ2v) is 7.75. The third kappa shape index (κ3) is 6.13. The molecule has 2 aromatic heterocycles. The first-order chi connectivity index (χ1) is 15.4. The molecule has 0 fully saturated rings. The van der Waals surface area contributed by atoms with Gasteiger partial charge < -0.3 is 10.6 Å². The van der Waals surface area contributed by atoms with Crippen molar-refractivity contribution in [2.24, 2.45) is 0 Å². The Balaban J connectivity index is 1.66. The quantitative estimate of drug-likeness (QED) is 0.468. The Morgan fingerprint density at radius 3 is 2.59 bits per heavy atom. The molecular weight excluding hydrogens is 408 g/mol. The molecule has 0 spiro atoms. The molecule has 3 aromatic rings. The second kappa shape index (κ2) is 10.5. The topological polar surface area (TPSA) is 122 Å². The largest absolute Gasteiger partial charge is 0.345 e. The molecule has 32 heavy (non-hydrogen) atoms. The fourth-order valence-electron chi connectivity index (χ4n) is 3.29. The molecule has 3 rings (SSSR count). The predicted octanol–water partition coefficient (Wildman–Crippen LogP) is 2.29. The summed E-state index contributed by atoms with van der Waals surface area (Å²) in [6, 6.07) is 12.8. The van der Waals surface area contributed by atoms with Gasteiger partial charge in [0.2, 0.25) is 5.95 Å². The lowest BCUT2D eigenvalue weighted by Crippen LogP contribution is -2.41. The van der Waals surface area contributed by atoms with E-state index in [-0.39, 0.29) is 23.4 Å². The number of nitrogens with one attached hydrogen (secondary N) is 3. The Hall–Kier alpha value is -3.75. The number of carbonyl (C=O) groups is 2. The molecule has 1 aromatic carbocycles. The van der Waals surface area contributed by atoms with Crippen molar-refractivity contribution in [3.63, 3.8) is 0 Å². The van der Waals surface area contributed by atoms with Crippen LogP contribution in [0.25, 0.3) is 5.95 Å². The molecule has 1 atom stereocenters. The molecule has 3 N–H and O–H groups in total. The number of carbonyl (C=O) groups excluding carboxylic acids is 2. The van der Waals surface area contributed by atoms with E-state index >= 15 is 0 Å². The molecule has 2 heterocycles. The van der Waals surface area contributed by atoms with Crippen LogP contribution in [0.5, 0.6) is 0 Å². The van der Waals surface area contributed by atoms with E-state index in [9.17, 15) is 14.4 Å². The number of H-pyrrole nitrogens is 1. The van der Waals surface area contributed by atoms with Crippen LogP contribution >= 0.6 is 0 Å². The number of amides is 2. The van der Waals surface area contributed by atoms with E-state index in [1.807, 2.05) is 44.2 Å². The first-order valence-corrected chi connectivity index (χ1v) is 10.7. The van der Waals surface area contributed by atoms with Crippen LogP contribution in [0.3, 0.4) is 0 Å². The van der Waals surface area contributed by atoms with Crippen molar-refractivity contribution in [1.82, 2.24) is 25.1 Å². The van der Waals surface area contributed by atoms with Crippen molar-refractivity contribution in [3.05, 3.63) is 69.8 Å². The maximum Gasteiger partial charge on any atom is 0.314 e. The Kier molecular flexibility index (Phi) is 7.54. The number of aromatic nitrogens is 4. The fourth-order valence-corrected chi connectivity index (χ4v) is 3.29. The molecule has 0 saturated heterocycles. The highest BCUT2D eigenvalue weighted by Gasteiger charge is 2.20. The van der Waals surface area contributed by atoms with Crippen molar-refractivity contribution < 1.29 is 9.59 Å². The molecule has 0 aliphatic rings. The van der Waals surface area contributed by atoms with Gasteiger partial charge in [0.15, 0.2) is 0 Å². The summed E-state index contributed by atoms with van der Waals surface area (Å²) in [5.74, 6) is -1.13. The highest BCUT2D eigenvalue weighted by molar-refractivity contribution is 6.39. The van der Waals surface area contributed by atoms with Crippen molar-refractivity contribution in [1.29, 1.82) is 0 Å². The van der Waals surface area contributed by atoms with E-state index in [1.165, 1.54) is 16.3 Å². The van der Waals surface area contributed by atoms with E-state index in [0.717, 1.165) is 12.8 Å². The SMILES string of the molecule is CCCc1cc(=O)[nH]c(-n2nc(C)cc2NC(=O)C(=O)NC(C)CCc2ccccc2)n1. The summed E-state index contributed by atoms with van der Waals surface area (Å²) < 4.78 is 1.32. The lowest BCUT2D eigenvalue weighted by Gasteiger charge is -2.14. The van der Waals surface area contributed by atoms with E-state index in [1.54, 1.807) is 13.0 Å². The zero-order valence-electron chi connectivity index (χ0n) is 18.5. The minimum Gasteiger partial charge on any atom is -0.345 e. The third-order valence-electron chi connectivity index (χ3n) is 4.85. The predicted molar refractivity (Wildman–Crippen MR) is 122 cm³/mol. The number of benzene rings is 1. The Morgan fingerprint density at radius 1 is 1.12 bits per heavy atom. The minimum absolute atomic E-state index is 0.177. The van der Waals surface area contributed by atoms with Gasteiger partial charge in [-0.25, -0.2) is 4.98 Å². The number of hydrogen-bond donors (Lipinski definition) is 3. The summed E-state index contributed by atoms with van der Waals surface area (Å²) >= 11 is 0. The highest BCUT2D eigenvalue weighted by Crippen LogP contribution is 2.14. The molecule has 9 nitrogen and oxygen atoms in total. The Morgan fingerprint density at radius 2 is 1.88 bits per heavy atom. The van der Waals surface area contributed by atoms with E-state index in [2.05, 4.69) is 25.7 Å². The maximum absolute atomic E-state index is 12.5. The number of aromatic amines is 1. The standard InChI is InChI=1S/C23H28N6O3/c1-4-8-18-14-20(30)27-23(25-18)29-19(13-16(3)28-29)26-22(32)21(31)24-15(2)11-12-17-9-6-5-7-10-17/h5-7,9-10,13-15H,4,8,11-12H2,1-3H3,(H,24,31)(H,26,32)(H,25,27,30). The summed E-state index contributed by atoms with van der Waals surface area (Å²) in [5.41, 5.74) is 2.08. The van der Waals surface area contributed by atoms with Crippen LogP contribution < -0.4 is 16.2 Å². The fraction of sp³-hybridized carbons (Fsp3) is 0.348.